The average molecular weight is 273 g/mol. The van der Waals surface area contributed by atoms with Crippen LogP contribution in [0.2, 0.25) is 0 Å². The molecule has 4 heteroatoms. The Morgan fingerprint density at radius 2 is 2.05 bits per heavy atom. The number of aromatic nitrogens is 1. The standard InChI is InChI=1S/C15H19N3S/c1-16-15-13(11-18-6-8-19-9-7-18)10-12-4-2-3-5-14(12)17-15/h2-5,10H,6-9,11H2,1H3,(H,16,17). The Bertz CT molecular complexity index is 564. The smallest absolute Gasteiger partial charge is 0.130 e. The molecule has 1 saturated heterocycles. The molecule has 0 bridgehead atoms. The summed E-state index contributed by atoms with van der Waals surface area (Å²) in [4.78, 5) is 7.23. The third-order valence-electron chi connectivity index (χ3n) is 3.54. The van der Waals surface area contributed by atoms with E-state index in [0.29, 0.717) is 0 Å². The van der Waals surface area contributed by atoms with E-state index in [1.165, 1.54) is 35.5 Å². The Balaban J connectivity index is 1.91. The number of benzene rings is 1. The quantitative estimate of drug-likeness (QED) is 0.931. The Morgan fingerprint density at radius 3 is 2.84 bits per heavy atom. The first kappa shape index (κ1) is 12.8. The zero-order chi connectivity index (χ0) is 13.1. The molecule has 1 aromatic heterocycles. The van der Waals surface area contributed by atoms with Gasteiger partial charge in [-0.25, -0.2) is 4.98 Å². The maximum absolute atomic E-state index is 4.72. The Hall–Kier alpha value is -1.26. The van der Waals surface area contributed by atoms with Crippen LogP contribution in [0.15, 0.2) is 30.3 Å². The molecule has 2 heterocycles. The first-order valence-corrected chi connectivity index (χ1v) is 7.89. The summed E-state index contributed by atoms with van der Waals surface area (Å²) in [5.74, 6) is 3.50. The molecule has 1 aliphatic rings. The van der Waals surface area contributed by atoms with Gasteiger partial charge in [-0.1, -0.05) is 18.2 Å². The molecule has 0 amide bonds. The van der Waals surface area contributed by atoms with E-state index in [2.05, 4.69) is 34.5 Å². The normalized spacial score (nSPS) is 16.7. The van der Waals surface area contributed by atoms with E-state index in [1.807, 2.05) is 24.9 Å². The summed E-state index contributed by atoms with van der Waals surface area (Å²) in [6, 6.07) is 10.6. The van der Waals surface area contributed by atoms with Crippen molar-refractivity contribution in [1.29, 1.82) is 0 Å². The molecule has 0 radical (unpaired) electrons. The van der Waals surface area contributed by atoms with Crippen molar-refractivity contribution in [2.45, 2.75) is 6.54 Å². The summed E-state index contributed by atoms with van der Waals surface area (Å²) in [6.07, 6.45) is 0. The molecule has 3 nitrogen and oxygen atoms in total. The topological polar surface area (TPSA) is 28.2 Å². The first-order chi connectivity index (χ1) is 9.36. The van der Waals surface area contributed by atoms with Gasteiger partial charge in [-0.05, 0) is 12.1 Å². The lowest BCUT2D eigenvalue weighted by molar-refractivity contribution is 0.295. The second kappa shape index (κ2) is 5.80. The van der Waals surface area contributed by atoms with Crippen molar-refractivity contribution in [1.82, 2.24) is 9.88 Å². The molecule has 1 aliphatic heterocycles. The molecule has 100 valence electrons. The predicted octanol–water partition coefficient (Wildman–Crippen LogP) is 2.83. The van der Waals surface area contributed by atoms with Crippen LogP contribution >= 0.6 is 11.8 Å². The molecular formula is C15H19N3S. The van der Waals surface area contributed by atoms with Gasteiger partial charge in [0.15, 0.2) is 0 Å². The second-order valence-electron chi connectivity index (χ2n) is 4.83. The van der Waals surface area contributed by atoms with Crippen molar-refractivity contribution in [3.8, 4) is 0 Å². The van der Waals surface area contributed by atoms with E-state index in [9.17, 15) is 0 Å². The molecule has 3 rings (SSSR count). The minimum Gasteiger partial charge on any atom is -0.373 e. The van der Waals surface area contributed by atoms with Gasteiger partial charge in [0.1, 0.15) is 5.82 Å². The van der Waals surface area contributed by atoms with Crippen molar-refractivity contribution < 1.29 is 0 Å². The molecule has 2 aromatic rings. The Kier molecular flexibility index (Phi) is 3.89. The number of hydrogen-bond acceptors (Lipinski definition) is 4. The van der Waals surface area contributed by atoms with Crippen LogP contribution in [0.3, 0.4) is 0 Å². The highest BCUT2D eigenvalue weighted by Gasteiger charge is 2.13. The van der Waals surface area contributed by atoms with Gasteiger partial charge in [-0.2, -0.15) is 11.8 Å². The van der Waals surface area contributed by atoms with Crippen LogP contribution in [-0.4, -0.2) is 41.5 Å². The predicted molar refractivity (Wildman–Crippen MR) is 83.9 cm³/mol. The number of nitrogens with zero attached hydrogens (tertiary/aromatic N) is 2. The number of para-hydroxylation sites is 1. The second-order valence-corrected chi connectivity index (χ2v) is 6.05. The van der Waals surface area contributed by atoms with Gasteiger partial charge >= 0.3 is 0 Å². The van der Waals surface area contributed by atoms with Gasteiger partial charge in [0, 0.05) is 49.1 Å². The summed E-state index contributed by atoms with van der Waals surface area (Å²) in [5.41, 5.74) is 2.36. The summed E-state index contributed by atoms with van der Waals surface area (Å²) >= 11 is 2.05. The zero-order valence-corrected chi connectivity index (χ0v) is 12.0. The van der Waals surface area contributed by atoms with Crippen molar-refractivity contribution >= 4 is 28.5 Å². The van der Waals surface area contributed by atoms with E-state index in [-0.39, 0.29) is 0 Å². The fourth-order valence-corrected chi connectivity index (χ4v) is 3.48. The Labute approximate surface area is 118 Å². The highest BCUT2D eigenvalue weighted by molar-refractivity contribution is 7.99. The number of pyridine rings is 1. The van der Waals surface area contributed by atoms with Crippen molar-refractivity contribution in [2.24, 2.45) is 0 Å². The van der Waals surface area contributed by atoms with Crippen LogP contribution in [0.1, 0.15) is 5.56 Å². The monoisotopic (exact) mass is 273 g/mol. The van der Waals surface area contributed by atoms with Crippen molar-refractivity contribution in [2.75, 3.05) is 37.0 Å². The van der Waals surface area contributed by atoms with Gasteiger partial charge in [-0.15, -0.1) is 0 Å². The fraction of sp³-hybridized carbons (Fsp3) is 0.400. The van der Waals surface area contributed by atoms with E-state index in [1.54, 1.807) is 0 Å². The molecule has 1 N–H and O–H groups in total. The summed E-state index contributed by atoms with van der Waals surface area (Å²) in [6.45, 7) is 3.36. The molecular weight excluding hydrogens is 254 g/mol. The average Bonchev–Trinajstić information content (AvgIpc) is 2.47. The molecule has 1 aromatic carbocycles. The van der Waals surface area contributed by atoms with Gasteiger partial charge in [0.25, 0.3) is 0 Å². The number of hydrogen-bond donors (Lipinski definition) is 1. The Morgan fingerprint density at radius 1 is 1.26 bits per heavy atom. The highest BCUT2D eigenvalue weighted by Crippen LogP contribution is 2.22. The lowest BCUT2D eigenvalue weighted by Crippen LogP contribution is -2.32. The van der Waals surface area contributed by atoms with Crippen LogP contribution in [0.5, 0.6) is 0 Å². The number of rotatable bonds is 3. The maximum atomic E-state index is 4.72. The number of thioether (sulfide) groups is 1. The summed E-state index contributed by atoms with van der Waals surface area (Å²) in [7, 11) is 1.95. The van der Waals surface area contributed by atoms with Crippen LogP contribution in [0.4, 0.5) is 5.82 Å². The van der Waals surface area contributed by atoms with Gasteiger partial charge in [-0.3, -0.25) is 4.90 Å². The third kappa shape index (κ3) is 2.85. The molecule has 0 aliphatic carbocycles. The first-order valence-electron chi connectivity index (χ1n) is 6.73. The zero-order valence-electron chi connectivity index (χ0n) is 11.2. The summed E-state index contributed by atoms with van der Waals surface area (Å²) < 4.78 is 0. The third-order valence-corrected chi connectivity index (χ3v) is 4.48. The van der Waals surface area contributed by atoms with Gasteiger partial charge in [0.2, 0.25) is 0 Å². The number of anilines is 1. The molecule has 0 atom stereocenters. The van der Waals surface area contributed by atoms with Gasteiger partial charge in [0.05, 0.1) is 5.52 Å². The SMILES string of the molecule is CNc1nc2ccccc2cc1CN1CCSCC1. The number of fused-ring (bicyclic) bond motifs is 1. The van der Waals surface area contributed by atoms with E-state index in [0.717, 1.165) is 17.9 Å². The van der Waals surface area contributed by atoms with E-state index >= 15 is 0 Å². The highest BCUT2D eigenvalue weighted by atomic mass is 32.2. The lowest BCUT2D eigenvalue weighted by atomic mass is 10.1. The molecule has 1 fully saturated rings. The van der Waals surface area contributed by atoms with Crippen LogP contribution < -0.4 is 5.32 Å². The van der Waals surface area contributed by atoms with Crippen LogP contribution in [0.25, 0.3) is 10.9 Å². The minimum atomic E-state index is 0.995. The lowest BCUT2D eigenvalue weighted by Gasteiger charge is -2.26. The van der Waals surface area contributed by atoms with E-state index in [4.69, 9.17) is 4.98 Å². The van der Waals surface area contributed by atoms with Crippen LogP contribution in [-0.2, 0) is 6.54 Å². The molecule has 19 heavy (non-hydrogen) atoms. The minimum absolute atomic E-state index is 0.995. The van der Waals surface area contributed by atoms with Crippen LogP contribution in [0, 0.1) is 0 Å². The van der Waals surface area contributed by atoms with E-state index < -0.39 is 0 Å². The van der Waals surface area contributed by atoms with Gasteiger partial charge < -0.3 is 5.32 Å². The van der Waals surface area contributed by atoms with Crippen molar-refractivity contribution in [3.05, 3.63) is 35.9 Å². The fourth-order valence-electron chi connectivity index (χ4n) is 2.50. The molecule has 0 spiro atoms. The molecule has 0 saturated carbocycles. The van der Waals surface area contributed by atoms with Crippen molar-refractivity contribution in [3.63, 3.8) is 0 Å². The maximum Gasteiger partial charge on any atom is 0.130 e. The molecule has 0 unspecified atom stereocenters. The summed E-state index contributed by atoms with van der Waals surface area (Å²) in [5, 5.41) is 4.46. The largest absolute Gasteiger partial charge is 0.373 e. The number of nitrogens with one attached hydrogen (secondary N) is 1.